The number of aromatic amines is 1. The Bertz CT molecular complexity index is 1360. The lowest BCUT2D eigenvalue weighted by molar-refractivity contribution is -0.133. The first-order chi connectivity index (χ1) is 16.9. The zero-order valence-electron chi connectivity index (χ0n) is 21.5. The molecule has 1 saturated heterocycles. The highest BCUT2D eigenvalue weighted by atomic mass is 16.2. The van der Waals surface area contributed by atoms with Crippen molar-refractivity contribution >= 4 is 22.5 Å². The number of carbonyl (C=O) groups excluding carboxylic acids is 1. The van der Waals surface area contributed by atoms with Gasteiger partial charge in [0.2, 0.25) is 5.91 Å². The van der Waals surface area contributed by atoms with E-state index in [1.807, 2.05) is 16.5 Å². The quantitative estimate of drug-likeness (QED) is 0.430. The Hall–Kier alpha value is -3.19. The van der Waals surface area contributed by atoms with E-state index in [1.165, 1.54) is 22.0 Å². The first-order valence-corrected chi connectivity index (χ1v) is 12.8. The molecule has 0 bridgehead atoms. The molecule has 1 amide bonds. The summed E-state index contributed by atoms with van der Waals surface area (Å²) in [5.74, 6) is 1.11. The third kappa shape index (κ3) is 4.45. The largest absolute Gasteiger partial charge is 0.354 e. The average molecular weight is 473 g/mol. The van der Waals surface area contributed by atoms with Crippen LogP contribution in [0.25, 0.3) is 27.8 Å². The van der Waals surface area contributed by atoms with E-state index in [1.54, 1.807) is 6.33 Å². The van der Waals surface area contributed by atoms with Gasteiger partial charge in [0.15, 0.2) is 5.65 Å². The van der Waals surface area contributed by atoms with Crippen molar-refractivity contribution in [2.24, 2.45) is 0 Å². The van der Waals surface area contributed by atoms with Gasteiger partial charge >= 0.3 is 0 Å². The van der Waals surface area contributed by atoms with E-state index in [9.17, 15) is 4.79 Å². The number of H-pyrrole nitrogens is 1. The molecule has 4 heterocycles. The molecule has 1 N–H and O–H groups in total. The Morgan fingerprint density at radius 1 is 1.23 bits per heavy atom. The summed E-state index contributed by atoms with van der Waals surface area (Å²) < 4.78 is 1.86. The second-order valence-corrected chi connectivity index (χ2v) is 10.3. The highest BCUT2D eigenvalue weighted by Gasteiger charge is 2.25. The number of benzene rings is 1. The van der Waals surface area contributed by atoms with Gasteiger partial charge in [-0.15, -0.1) is 0 Å². The van der Waals surface area contributed by atoms with E-state index in [4.69, 9.17) is 0 Å². The molecular formula is C28H36N6O. The van der Waals surface area contributed by atoms with Crippen molar-refractivity contribution < 1.29 is 4.79 Å². The van der Waals surface area contributed by atoms with Gasteiger partial charge in [0, 0.05) is 35.8 Å². The van der Waals surface area contributed by atoms with Gasteiger partial charge in [0.05, 0.1) is 12.2 Å². The molecule has 5 rings (SSSR count). The minimum absolute atomic E-state index is 0.250. The van der Waals surface area contributed by atoms with Crippen molar-refractivity contribution in [2.75, 3.05) is 33.2 Å². The van der Waals surface area contributed by atoms with Crippen molar-refractivity contribution in [1.82, 2.24) is 29.4 Å². The SMILES string of the molecule is CCN(C)CC(=O)N1CCC(c2ccc3[nH]c(-c4cc(C)c5ncnn5c4)c(C(C)C)c3c2)CC1. The maximum absolute atomic E-state index is 12.6. The van der Waals surface area contributed by atoms with Crippen LogP contribution in [-0.2, 0) is 4.79 Å². The number of hydrogen-bond donors (Lipinski definition) is 1. The predicted molar refractivity (Wildman–Crippen MR) is 141 cm³/mol. The lowest BCUT2D eigenvalue weighted by Crippen LogP contribution is -2.43. The number of amides is 1. The molecule has 1 aliphatic heterocycles. The number of nitrogens with zero attached hydrogens (tertiary/aromatic N) is 5. The van der Waals surface area contributed by atoms with Gasteiger partial charge in [-0.1, -0.05) is 26.8 Å². The fourth-order valence-corrected chi connectivity index (χ4v) is 5.45. The number of rotatable bonds is 6. The zero-order valence-corrected chi connectivity index (χ0v) is 21.5. The normalized spacial score (nSPS) is 15.2. The Kier molecular flexibility index (Phi) is 6.36. The van der Waals surface area contributed by atoms with Crippen molar-refractivity contribution in [1.29, 1.82) is 0 Å². The molecule has 184 valence electrons. The monoisotopic (exact) mass is 472 g/mol. The van der Waals surface area contributed by atoms with Crippen LogP contribution in [0.5, 0.6) is 0 Å². The van der Waals surface area contributed by atoms with Crippen LogP contribution in [0.2, 0.25) is 0 Å². The number of piperidine rings is 1. The molecule has 7 nitrogen and oxygen atoms in total. The molecule has 4 aromatic rings. The summed E-state index contributed by atoms with van der Waals surface area (Å²) in [6.07, 6.45) is 5.70. The number of likely N-dealkylation sites (N-methyl/N-ethyl adjacent to an activating group) is 1. The predicted octanol–water partition coefficient (Wildman–Crippen LogP) is 4.97. The topological polar surface area (TPSA) is 69.5 Å². The maximum atomic E-state index is 12.6. The number of aromatic nitrogens is 4. The molecular weight excluding hydrogens is 436 g/mol. The van der Waals surface area contributed by atoms with E-state index in [-0.39, 0.29) is 5.91 Å². The van der Waals surface area contributed by atoms with Crippen LogP contribution in [0.1, 0.15) is 62.1 Å². The number of aryl methyl sites for hydroxylation is 1. The van der Waals surface area contributed by atoms with Crippen LogP contribution in [0.4, 0.5) is 0 Å². The molecule has 0 radical (unpaired) electrons. The first kappa shape index (κ1) is 23.5. The van der Waals surface area contributed by atoms with Crippen molar-refractivity contribution in [3.63, 3.8) is 0 Å². The molecule has 0 atom stereocenters. The van der Waals surface area contributed by atoms with Gasteiger partial charge in [0.1, 0.15) is 6.33 Å². The zero-order chi connectivity index (χ0) is 24.7. The lowest BCUT2D eigenvalue weighted by atomic mass is 9.87. The second-order valence-electron chi connectivity index (χ2n) is 10.3. The number of hydrogen-bond acceptors (Lipinski definition) is 4. The number of fused-ring (bicyclic) bond motifs is 2. The molecule has 3 aromatic heterocycles. The molecule has 0 saturated carbocycles. The highest BCUT2D eigenvalue weighted by molar-refractivity contribution is 5.92. The number of likely N-dealkylation sites (tertiary alicyclic amines) is 1. The van der Waals surface area contributed by atoms with Gasteiger partial charge in [-0.25, -0.2) is 9.50 Å². The number of pyridine rings is 1. The van der Waals surface area contributed by atoms with Gasteiger partial charge in [-0.2, -0.15) is 5.10 Å². The van der Waals surface area contributed by atoms with Gasteiger partial charge in [0.25, 0.3) is 0 Å². The molecule has 0 aliphatic carbocycles. The van der Waals surface area contributed by atoms with Gasteiger partial charge < -0.3 is 9.88 Å². The summed E-state index contributed by atoms with van der Waals surface area (Å²) in [5, 5.41) is 5.67. The van der Waals surface area contributed by atoms with Crippen LogP contribution in [0.3, 0.4) is 0 Å². The standard InChI is InChI=1S/C28H36N6O/c1-6-32(5)16-25(35)33-11-9-20(10-12-33)21-7-8-24-23(14-21)26(18(2)3)27(31-24)22-13-19(4)28-29-17-30-34(28)15-22/h7-8,13-15,17-18,20,31H,6,9-12,16H2,1-5H3. The molecule has 35 heavy (non-hydrogen) atoms. The summed E-state index contributed by atoms with van der Waals surface area (Å²) in [6, 6.07) is 9.09. The Labute approximate surface area is 207 Å². The minimum atomic E-state index is 0.250. The maximum Gasteiger partial charge on any atom is 0.236 e. The molecule has 1 fully saturated rings. The van der Waals surface area contributed by atoms with Crippen molar-refractivity contribution in [3.8, 4) is 11.3 Å². The fourth-order valence-electron chi connectivity index (χ4n) is 5.45. The van der Waals surface area contributed by atoms with E-state index < -0.39 is 0 Å². The van der Waals surface area contributed by atoms with Crippen LogP contribution in [-0.4, -0.2) is 68.5 Å². The van der Waals surface area contributed by atoms with Crippen LogP contribution in [0, 0.1) is 6.92 Å². The van der Waals surface area contributed by atoms with Crippen LogP contribution >= 0.6 is 0 Å². The van der Waals surface area contributed by atoms with E-state index in [2.05, 4.69) is 78.1 Å². The van der Waals surface area contributed by atoms with Crippen molar-refractivity contribution in [2.45, 2.75) is 52.4 Å². The second kappa shape index (κ2) is 9.46. The summed E-state index contributed by atoms with van der Waals surface area (Å²) in [6.45, 7) is 11.8. The summed E-state index contributed by atoms with van der Waals surface area (Å²) >= 11 is 0. The van der Waals surface area contributed by atoms with E-state index in [0.29, 0.717) is 18.4 Å². The van der Waals surface area contributed by atoms with Crippen molar-refractivity contribution in [3.05, 3.63) is 53.5 Å². The third-order valence-corrected chi connectivity index (χ3v) is 7.55. The summed E-state index contributed by atoms with van der Waals surface area (Å²) in [7, 11) is 2.00. The first-order valence-electron chi connectivity index (χ1n) is 12.8. The number of carbonyl (C=O) groups is 1. The summed E-state index contributed by atoms with van der Waals surface area (Å²) in [4.78, 5) is 24.8. The molecule has 1 aliphatic rings. The summed E-state index contributed by atoms with van der Waals surface area (Å²) in [5.41, 5.74) is 8.18. The van der Waals surface area contributed by atoms with E-state index in [0.717, 1.165) is 54.9 Å². The molecule has 1 aromatic carbocycles. The highest BCUT2D eigenvalue weighted by Crippen LogP contribution is 2.38. The lowest BCUT2D eigenvalue weighted by Gasteiger charge is -2.33. The smallest absolute Gasteiger partial charge is 0.236 e. The van der Waals surface area contributed by atoms with E-state index >= 15 is 0 Å². The average Bonchev–Trinajstić information content (AvgIpc) is 3.48. The van der Waals surface area contributed by atoms with Gasteiger partial charge in [-0.05, 0) is 80.1 Å². The van der Waals surface area contributed by atoms with Crippen LogP contribution < -0.4 is 0 Å². The molecule has 0 spiro atoms. The Morgan fingerprint density at radius 3 is 2.71 bits per heavy atom. The Balaban J connectivity index is 1.43. The molecule has 0 unspecified atom stereocenters. The molecule has 7 heteroatoms. The Morgan fingerprint density at radius 2 is 2.00 bits per heavy atom. The van der Waals surface area contributed by atoms with Crippen LogP contribution in [0.15, 0.2) is 36.8 Å². The third-order valence-electron chi connectivity index (χ3n) is 7.55. The number of nitrogens with one attached hydrogen (secondary N) is 1. The van der Waals surface area contributed by atoms with Gasteiger partial charge in [-0.3, -0.25) is 9.69 Å². The fraction of sp³-hybridized carbons (Fsp3) is 0.464. The minimum Gasteiger partial charge on any atom is -0.354 e.